The van der Waals surface area contributed by atoms with E-state index in [0.29, 0.717) is 0 Å². The molecule has 0 bridgehead atoms. The van der Waals surface area contributed by atoms with Gasteiger partial charge in [0.25, 0.3) is 0 Å². The van der Waals surface area contributed by atoms with Gasteiger partial charge in [0.2, 0.25) is 0 Å². The van der Waals surface area contributed by atoms with Gasteiger partial charge in [-0.15, -0.1) is 0 Å². The molecule has 1 aromatic rings. The molecule has 1 unspecified atom stereocenters. The van der Waals surface area contributed by atoms with Crippen molar-refractivity contribution in [3.05, 3.63) is 29.3 Å². The standard InChI is InChI=1S/C13H18O2/c1-10(9-14)15-13-7-6-11-4-2-3-5-12(11)8-13/h6-8,10,14H,2-5,9H2,1H3. The summed E-state index contributed by atoms with van der Waals surface area (Å²) in [6.07, 6.45) is 4.84. The Kier molecular flexibility index (Phi) is 3.27. The number of hydrogen-bond acceptors (Lipinski definition) is 2. The van der Waals surface area contributed by atoms with E-state index < -0.39 is 0 Å². The first-order valence-corrected chi connectivity index (χ1v) is 5.69. The second-order valence-corrected chi connectivity index (χ2v) is 4.25. The maximum Gasteiger partial charge on any atom is 0.120 e. The number of benzene rings is 1. The molecule has 0 heterocycles. The molecule has 0 fully saturated rings. The predicted molar refractivity (Wildman–Crippen MR) is 60.3 cm³/mol. The molecule has 82 valence electrons. The van der Waals surface area contributed by atoms with Gasteiger partial charge in [0, 0.05) is 0 Å². The summed E-state index contributed by atoms with van der Waals surface area (Å²) in [7, 11) is 0. The molecule has 0 saturated carbocycles. The lowest BCUT2D eigenvalue weighted by Gasteiger charge is -2.18. The van der Waals surface area contributed by atoms with Crippen molar-refractivity contribution in [3.63, 3.8) is 0 Å². The molecule has 1 N–H and O–H groups in total. The molecular formula is C13H18O2. The van der Waals surface area contributed by atoms with Crippen molar-refractivity contribution in [1.82, 2.24) is 0 Å². The fourth-order valence-electron chi connectivity index (χ4n) is 2.05. The van der Waals surface area contributed by atoms with Crippen LogP contribution < -0.4 is 4.74 Å². The summed E-state index contributed by atoms with van der Waals surface area (Å²) in [4.78, 5) is 0. The van der Waals surface area contributed by atoms with Crippen LogP contribution >= 0.6 is 0 Å². The first-order chi connectivity index (χ1) is 7.29. The van der Waals surface area contributed by atoms with Crippen LogP contribution in [0.25, 0.3) is 0 Å². The average Bonchev–Trinajstić information content (AvgIpc) is 2.29. The highest BCUT2D eigenvalue weighted by Gasteiger charge is 2.10. The zero-order valence-electron chi connectivity index (χ0n) is 9.20. The van der Waals surface area contributed by atoms with Crippen LogP contribution in [-0.4, -0.2) is 17.8 Å². The largest absolute Gasteiger partial charge is 0.488 e. The third-order valence-electron chi connectivity index (χ3n) is 2.91. The van der Waals surface area contributed by atoms with E-state index in [9.17, 15) is 0 Å². The Labute approximate surface area is 90.9 Å². The molecule has 1 aliphatic rings. The average molecular weight is 206 g/mol. The Balaban J connectivity index is 2.13. The summed E-state index contributed by atoms with van der Waals surface area (Å²) < 4.78 is 5.58. The van der Waals surface area contributed by atoms with Crippen LogP contribution in [0.1, 0.15) is 30.9 Å². The molecule has 0 radical (unpaired) electrons. The van der Waals surface area contributed by atoms with Gasteiger partial charge in [-0.3, -0.25) is 0 Å². The summed E-state index contributed by atoms with van der Waals surface area (Å²) in [6, 6.07) is 6.30. The fourth-order valence-corrected chi connectivity index (χ4v) is 2.05. The fraction of sp³-hybridized carbons (Fsp3) is 0.538. The van der Waals surface area contributed by atoms with Gasteiger partial charge in [0.15, 0.2) is 0 Å². The summed E-state index contributed by atoms with van der Waals surface area (Å²) in [5, 5.41) is 8.91. The first-order valence-electron chi connectivity index (χ1n) is 5.69. The van der Waals surface area contributed by atoms with Crippen molar-refractivity contribution < 1.29 is 9.84 Å². The molecule has 0 amide bonds. The van der Waals surface area contributed by atoms with E-state index in [0.717, 1.165) is 5.75 Å². The highest BCUT2D eigenvalue weighted by atomic mass is 16.5. The SMILES string of the molecule is CC(CO)Oc1ccc2c(c1)CCCC2. The number of aliphatic hydroxyl groups excluding tert-OH is 1. The minimum Gasteiger partial charge on any atom is -0.488 e. The lowest BCUT2D eigenvalue weighted by Crippen LogP contribution is -2.16. The second kappa shape index (κ2) is 4.67. The Morgan fingerprint density at radius 1 is 1.27 bits per heavy atom. The third-order valence-corrected chi connectivity index (χ3v) is 2.91. The van der Waals surface area contributed by atoms with Crippen LogP contribution in [0.5, 0.6) is 5.75 Å². The van der Waals surface area contributed by atoms with Crippen molar-refractivity contribution in [2.45, 2.75) is 38.7 Å². The van der Waals surface area contributed by atoms with Gasteiger partial charge in [-0.1, -0.05) is 6.07 Å². The number of aryl methyl sites for hydroxylation is 2. The van der Waals surface area contributed by atoms with E-state index in [2.05, 4.69) is 12.1 Å². The molecule has 0 saturated heterocycles. The highest BCUT2D eigenvalue weighted by Crippen LogP contribution is 2.25. The van der Waals surface area contributed by atoms with Gasteiger partial charge in [-0.2, -0.15) is 0 Å². The quantitative estimate of drug-likeness (QED) is 0.822. The molecule has 2 rings (SSSR count). The number of hydrogen-bond donors (Lipinski definition) is 1. The Bertz CT molecular complexity index is 333. The minimum atomic E-state index is -0.119. The van der Waals surface area contributed by atoms with Gasteiger partial charge in [-0.25, -0.2) is 0 Å². The van der Waals surface area contributed by atoms with E-state index in [1.165, 1.54) is 36.8 Å². The summed E-state index contributed by atoms with van der Waals surface area (Å²) in [5.41, 5.74) is 2.88. The van der Waals surface area contributed by atoms with Crippen LogP contribution in [0.15, 0.2) is 18.2 Å². The molecule has 15 heavy (non-hydrogen) atoms. The van der Waals surface area contributed by atoms with Crippen LogP contribution in [0.3, 0.4) is 0 Å². The monoisotopic (exact) mass is 206 g/mol. The second-order valence-electron chi connectivity index (χ2n) is 4.25. The van der Waals surface area contributed by atoms with Crippen molar-refractivity contribution in [3.8, 4) is 5.75 Å². The van der Waals surface area contributed by atoms with Crippen molar-refractivity contribution in [2.75, 3.05) is 6.61 Å². The van der Waals surface area contributed by atoms with Gasteiger partial charge >= 0.3 is 0 Å². The number of fused-ring (bicyclic) bond motifs is 1. The maximum atomic E-state index is 8.91. The van der Waals surface area contributed by atoms with Crippen molar-refractivity contribution in [1.29, 1.82) is 0 Å². The van der Waals surface area contributed by atoms with Crippen LogP contribution in [0.4, 0.5) is 0 Å². The number of aliphatic hydroxyl groups is 1. The lowest BCUT2D eigenvalue weighted by molar-refractivity contribution is 0.129. The molecular weight excluding hydrogens is 188 g/mol. The molecule has 1 aliphatic carbocycles. The molecule has 2 nitrogen and oxygen atoms in total. The zero-order valence-corrected chi connectivity index (χ0v) is 9.20. The van der Waals surface area contributed by atoms with E-state index in [-0.39, 0.29) is 12.7 Å². The molecule has 0 aromatic heterocycles. The topological polar surface area (TPSA) is 29.5 Å². The maximum absolute atomic E-state index is 8.91. The smallest absolute Gasteiger partial charge is 0.120 e. The molecule has 0 aliphatic heterocycles. The van der Waals surface area contributed by atoms with Crippen molar-refractivity contribution >= 4 is 0 Å². The van der Waals surface area contributed by atoms with Gasteiger partial charge in [-0.05, 0) is 55.9 Å². The summed E-state index contributed by atoms with van der Waals surface area (Å²) in [5.74, 6) is 0.886. The Hall–Kier alpha value is -1.02. The first kappa shape index (κ1) is 10.5. The minimum absolute atomic E-state index is 0.0666. The van der Waals surface area contributed by atoms with Crippen LogP contribution in [0, 0.1) is 0 Å². The zero-order chi connectivity index (χ0) is 10.7. The van der Waals surface area contributed by atoms with Gasteiger partial charge in [0.05, 0.1) is 6.61 Å². The lowest BCUT2D eigenvalue weighted by atomic mass is 9.92. The highest BCUT2D eigenvalue weighted by molar-refractivity contribution is 5.37. The molecule has 1 aromatic carbocycles. The van der Waals surface area contributed by atoms with Gasteiger partial charge in [0.1, 0.15) is 11.9 Å². The number of ether oxygens (including phenoxy) is 1. The molecule has 2 heteroatoms. The van der Waals surface area contributed by atoms with E-state index in [1.54, 1.807) is 0 Å². The summed E-state index contributed by atoms with van der Waals surface area (Å²) in [6.45, 7) is 1.94. The third kappa shape index (κ3) is 2.51. The van der Waals surface area contributed by atoms with E-state index in [1.807, 2.05) is 13.0 Å². The predicted octanol–water partition coefficient (Wildman–Crippen LogP) is 2.33. The molecule has 0 spiro atoms. The Morgan fingerprint density at radius 2 is 2.00 bits per heavy atom. The molecule has 1 atom stereocenters. The van der Waals surface area contributed by atoms with Gasteiger partial charge < -0.3 is 9.84 Å². The van der Waals surface area contributed by atoms with Crippen molar-refractivity contribution in [2.24, 2.45) is 0 Å². The summed E-state index contributed by atoms with van der Waals surface area (Å²) >= 11 is 0. The van der Waals surface area contributed by atoms with E-state index >= 15 is 0 Å². The normalized spacial score (nSPS) is 16.9. The van der Waals surface area contributed by atoms with E-state index in [4.69, 9.17) is 9.84 Å². The van der Waals surface area contributed by atoms with Crippen LogP contribution in [0.2, 0.25) is 0 Å². The Morgan fingerprint density at radius 3 is 2.73 bits per heavy atom. The number of rotatable bonds is 3. The van der Waals surface area contributed by atoms with Crippen LogP contribution in [-0.2, 0) is 12.8 Å².